The Morgan fingerprint density at radius 3 is 2.27 bits per heavy atom. The van der Waals surface area contributed by atoms with Gasteiger partial charge in [0.15, 0.2) is 0 Å². The van der Waals surface area contributed by atoms with E-state index in [1.807, 2.05) is 0 Å². The van der Waals surface area contributed by atoms with Gasteiger partial charge in [-0.1, -0.05) is 0 Å². The van der Waals surface area contributed by atoms with Crippen molar-refractivity contribution < 1.29 is 42.5 Å². The Morgan fingerprint density at radius 2 is 1.91 bits per heavy atom. The Hall–Kier alpha value is 1.61. The molecule has 0 unspecified atom stereocenters. The first-order chi connectivity index (χ1) is 4.56. The number of thiol groups is 1. The Kier molecular flexibility index (Phi) is 11.3. The van der Waals surface area contributed by atoms with Crippen molar-refractivity contribution >= 4 is 34.5 Å². The topological polar surface area (TPSA) is 57.2 Å². The SMILES string of the molecule is O=S(=O)([O-])CCSCCS.[Na+]. The molecule has 0 N–H and O–H groups in total. The van der Waals surface area contributed by atoms with Gasteiger partial charge < -0.3 is 4.55 Å². The normalized spacial score (nSPS) is 10.7. The van der Waals surface area contributed by atoms with Crippen LogP contribution in [0.1, 0.15) is 0 Å². The maximum atomic E-state index is 10.0. The number of thioether (sulfide) groups is 1. The third-order valence-corrected chi connectivity index (χ3v) is 3.19. The monoisotopic (exact) mass is 224 g/mol. The largest absolute Gasteiger partial charge is 1.00 e. The van der Waals surface area contributed by atoms with Crippen LogP contribution < -0.4 is 29.6 Å². The zero-order valence-electron chi connectivity index (χ0n) is 6.32. The second kappa shape index (κ2) is 8.22. The first kappa shape index (κ1) is 15.1. The smallest absolute Gasteiger partial charge is 0.748 e. The predicted octanol–water partition coefficient (Wildman–Crippen LogP) is -2.80. The van der Waals surface area contributed by atoms with E-state index >= 15 is 0 Å². The quantitative estimate of drug-likeness (QED) is 0.237. The molecule has 0 spiro atoms. The third kappa shape index (κ3) is 14.5. The van der Waals surface area contributed by atoms with E-state index in [2.05, 4.69) is 12.6 Å². The van der Waals surface area contributed by atoms with E-state index in [-0.39, 0.29) is 35.3 Å². The van der Waals surface area contributed by atoms with E-state index in [0.29, 0.717) is 11.5 Å². The summed E-state index contributed by atoms with van der Waals surface area (Å²) in [6.45, 7) is 0. The molecule has 0 aliphatic rings. The Balaban J connectivity index is 0. The van der Waals surface area contributed by atoms with Crippen molar-refractivity contribution in [2.45, 2.75) is 0 Å². The van der Waals surface area contributed by atoms with Crippen molar-refractivity contribution in [1.82, 2.24) is 0 Å². The van der Waals surface area contributed by atoms with Gasteiger partial charge in [-0.25, -0.2) is 8.42 Å². The van der Waals surface area contributed by atoms with Crippen molar-refractivity contribution in [2.75, 3.05) is 23.0 Å². The van der Waals surface area contributed by atoms with Gasteiger partial charge in [0.1, 0.15) is 0 Å². The minimum absolute atomic E-state index is 0. The molecule has 0 rings (SSSR count). The van der Waals surface area contributed by atoms with E-state index in [4.69, 9.17) is 0 Å². The molecule has 0 aromatic heterocycles. The van der Waals surface area contributed by atoms with E-state index in [1.54, 1.807) is 0 Å². The molecular formula is C4H9NaO3S3. The van der Waals surface area contributed by atoms with Gasteiger partial charge in [0.2, 0.25) is 0 Å². The van der Waals surface area contributed by atoms with Crippen LogP contribution in [0.15, 0.2) is 0 Å². The van der Waals surface area contributed by atoms with Gasteiger partial charge in [0, 0.05) is 17.3 Å². The third-order valence-electron chi connectivity index (χ3n) is 0.713. The van der Waals surface area contributed by atoms with Crippen molar-refractivity contribution in [3.8, 4) is 0 Å². The molecule has 0 bridgehead atoms. The van der Waals surface area contributed by atoms with Gasteiger partial charge in [-0.2, -0.15) is 24.4 Å². The van der Waals surface area contributed by atoms with Crippen LogP contribution in [0.4, 0.5) is 0 Å². The molecule has 3 nitrogen and oxygen atoms in total. The summed E-state index contributed by atoms with van der Waals surface area (Å²) in [4.78, 5) is 0. The summed E-state index contributed by atoms with van der Waals surface area (Å²) in [7, 11) is -4.00. The molecule has 11 heavy (non-hydrogen) atoms. The molecule has 0 aromatic carbocycles. The van der Waals surface area contributed by atoms with Gasteiger partial charge >= 0.3 is 29.6 Å². The summed E-state index contributed by atoms with van der Waals surface area (Å²) in [5, 5.41) is 0. The molecule has 0 fully saturated rings. The van der Waals surface area contributed by atoms with Gasteiger partial charge in [-0.3, -0.25) is 0 Å². The van der Waals surface area contributed by atoms with E-state index in [1.165, 1.54) is 11.8 Å². The van der Waals surface area contributed by atoms with Gasteiger partial charge in [-0.15, -0.1) is 0 Å². The van der Waals surface area contributed by atoms with E-state index in [9.17, 15) is 13.0 Å². The Labute approximate surface area is 99.2 Å². The fraction of sp³-hybridized carbons (Fsp3) is 1.00. The number of rotatable bonds is 5. The summed E-state index contributed by atoms with van der Waals surface area (Å²) in [6.07, 6.45) is 0. The van der Waals surface area contributed by atoms with Crippen LogP contribution in [-0.4, -0.2) is 36.0 Å². The van der Waals surface area contributed by atoms with Crippen molar-refractivity contribution in [2.24, 2.45) is 0 Å². The van der Waals surface area contributed by atoms with Crippen LogP contribution in [0.3, 0.4) is 0 Å². The Morgan fingerprint density at radius 1 is 1.36 bits per heavy atom. The second-order valence-electron chi connectivity index (χ2n) is 1.60. The minimum Gasteiger partial charge on any atom is -0.748 e. The molecule has 0 heterocycles. The molecule has 0 saturated heterocycles. The zero-order valence-corrected chi connectivity index (χ0v) is 10.8. The van der Waals surface area contributed by atoms with Gasteiger partial charge in [0.05, 0.1) is 10.1 Å². The van der Waals surface area contributed by atoms with E-state index in [0.717, 1.165) is 5.75 Å². The first-order valence-electron chi connectivity index (χ1n) is 2.68. The molecule has 7 heteroatoms. The van der Waals surface area contributed by atoms with Gasteiger partial charge in [0.25, 0.3) is 0 Å². The maximum Gasteiger partial charge on any atom is 1.00 e. The average Bonchev–Trinajstić information content (AvgIpc) is 1.78. The van der Waals surface area contributed by atoms with Gasteiger partial charge in [-0.05, 0) is 5.75 Å². The zero-order chi connectivity index (χ0) is 8.04. The number of hydrogen-bond donors (Lipinski definition) is 1. The maximum absolute atomic E-state index is 10.0. The Bertz CT molecular complexity index is 167. The molecular weight excluding hydrogens is 215 g/mol. The molecule has 0 aliphatic heterocycles. The second-order valence-corrected chi connectivity index (χ2v) is 4.79. The summed E-state index contributed by atoms with van der Waals surface area (Å²) in [6, 6.07) is 0. The van der Waals surface area contributed by atoms with E-state index < -0.39 is 10.1 Å². The average molecular weight is 224 g/mol. The molecule has 0 radical (unpaired) electrons. The van der Waals surface area contributed by atoms with Crippen LogP contribution in [0, 0.1) is 0 Å². The summed E-state index contributed by atoms with van der Waals surface area (Å²) in [5.41, 5.74) is 0. The molecule has 62 valence electrons. The van der Waals surface area contributed by atoms with Crippen molar-refractivity contribution in [3.05, 3.63) is 0 Å². The van der Waals surface area contributed by atoms with Crippen LogP contribution in [0.2, 0.25) is 0 Å². The standard InChI is InChI=1S/C4H10O3S3.Na/c5-10(6,7)4-3-9-2-1-8;/h8H,1-4H2,(H,5,6,7);/q;+1/p-1. The van der Waals surface area contributed by atoms with Crippen molar-refractivity contribution in [3.63, 3.8) is 0 Å². The minimum atomic E-state index is -4.00. The van der Waals surface area contributed by atoms with Crippen LogP contribution in [0.5, 0.6) is 0 Å². The molecule has 0 saturated carbocycles. The van der Waals surface area contributed by atoms with Crippen molar-refractivity contribution in [1.29, 1.82) is 0 Å². The predicted molar refractivity (Wildman–Crippen MR) is 45.7 cm³/mol. The summed E-state index contributed by atoms with van der Waals surface area (Å²) < 4.78 is 30.0. The van der Waals surface area contributed by atoms with Crippen LogP contribution in [0.25, 0.3) is 0 Å². The summed E-state index contributed by atoms with van der Waals surface area (Å²) >= 11 is 5.34. The molecule has 0 amide bonds. The number of hydrogen-bond acceptors (Lipinski definition) is 5. The fourth-order valence-electron chi connectivity index (χ4n) is 0.328. The summed E-state index contributed by atoms with van der Waals surface area (Å²) in [5.74, 6) is 1.61. The molecule has 0 atom stereocenters. The molecule has 0 aromatic rings. The van der Waals surface area contributed by atoms with Crippen LogP contribution in [-0.2, 0) is 10.1 Å². The first-order valence-corrected chi connectivity index (χ1v) is 6.05. The fourth-order valence-corrected chi connectivity index (χ4v) is 2.34. The molecule has 0 aliphatic carbocycles. The van der Waals surface area contributed by atoms with Crippen LogP contribution >= 0.6 is 24.4 Å².